The molecule has 0 spiro atoms. The minimum Gasteiger partial charge on any atom is -0.320 e. The smallest absolute Gasteiger partial charge is 0.274 e. The normalized spacial score (nSPS) is 11.9. The highest BCUT2D eigenvalue weighted by Gasteiger charge is 2.13. The Balaban J connectivity index is 2.24. The van der Waals surface area contributed by atoms with Crippen LogP contribution in [0.4, 0.5) is 10.1 Å². The SMILES string of the molecule is CCC(C)c1ccccc1NC(=O)c1cccc(F)n1. The lowest BCUT2D eigenvalue weighted by Gasteiger charge is -2.15. The minimum absolute atomic E-state index is 0.0731. The van der Waals surface area contributed by atoms with E-state index in [1.54, 1.807) is 0 Å². The number of para-hydroxylation sites is 1. The van der Waals surface area contributed by atoms with Gasteiger partial charge in [-0.3, -0.25) is 4.79 Å². The quantitative estimate of drug-likeness (QED) is 0.855. The summed E-state index contributed by atoms with van der Waals surface area (Å²) in [5.74, 6) is -0.722. The van der Waals surface area contributed by atoms with Crippen molar-refractivity contribution in [1.82, 2.24) is 4.98 Å². The van der Waals surface area contributed by atoms with Crippen molar-refractivity contribution in [2.24, 2.45) is 0 Å². The second-order valence-corrected chi connectivity index (χ2v) is 4.70. The first-order valence-corrected chi connectivity index (χ1v) is 6.64. The van der Waals surface area contributed by atoms with Crippen molar-refractivity contribution >= 4 is 11.6 Å². The fourth-order valence-corrected chi connectivity index (χ4v) is 1.98. The number of hydrogen-bond acceptors (Lipinski definition) is 2. The van der Waals surface area contributed by atoms with Gasteiger partial charge in [-0.15, -0.1) is 0 Å². The first-order chi connectivity index (χ1) is 9.61. The van der Waals surface area contributed by atoms with Crippen LogP contribution in [-0.4, -0.2) is 10.9 Å². The molecule has 1 aromatic heterocycles. The predicted molar refractivity (Wildman–Crippen MR) is 77.3 cm³/mol. The Hall–Kier alpha value is -2.23. The molecular weight excluding hydrogens is 255 g/mol. The van der Waals surface area contributed by atoms with Crippen LogP contribution in [0.1, 0.15) is 42.2 Å². The molecule has 0 bridgehead atoms. The second kappa shape index (κ2) is 6.28. The van der Waals surface area contributed by atoms with E-state index < -0.39 is 11.9 Å². The molecule has 1 N–H and O–H groups in total. The number of rotatable bonds is 4. The van der Waals surface area contributed by atoms with Crippen molar-refractivity contribution in [2.75, 3.05) is 5.32 Å². The number of benzene rings is 1. The van der Waals surface area contributed by atoms with Crippen LogP contribution in [0.3, 0.4) is 0 Å². The van der Waals surface area contributed by atoms with Crippen molar-refractivity contribution < 1.29 is 9.18 Å². The van der Waals surface area contributed by atoms with Crippen LogP contribution in [0, 0.1) is 5.95 Å². The van der Waals surface area contributed by atoms with E-state index in [1.165, 1.54) is 18.2 Å². The molecule has 3 nitrogen and oxygen atoms in total. The number of anilines is 1. The zero-order valence-electron chi connectivity index (χ0n) is 11.6. The van der Waals surface area contributed by atoms with Gasteiger partial charge in [-0.1, -0.05) is 38.1 Å². The molecular formula is C16H17FN2O. The second-order valence-electron chi connectivity index (χ2n) is 4.70. The lowest BCUT2D eigenvalue weighted by molar-refractivity contribution is 0.102. The third kappa shape index (κ3) is 3.20. The van der Waals surface area contributed by atoms with Crippen LogP contribution in [-0.2, 0) is 0 Å². The molecule has 2 rings (SSSR count). The molecule has 0 aliphatic rings. The fourth-order valence-electron chi connectivity index (χ4n) is 1.98. The molecule has 0 saturated heterocycles. The maximum Gasteiger partial charge on any atom is 0.274 e. The van der Waals surface area contributed by atoms with E-state index in [9.17, 15) is 9.18 Å². The molecule has 1 aromatic carbocycles. The Bertz CT molecular complexity index is 613. The maximum absolute atomic E-state index is 13.0. The topological polar surface area (TPSA) is 42.0 Å². The van der Waals surface area contributed by atoms with Crippen LogP contribution in [0.25, 0.3) is 0 Å². The average Bonchev–Trinajstić information content (AvgIpc) is 2.47. The van der Waals surface area contributed by atoms with Crippen molar-refractivity contribution in [2.45, 2.75) is 26.2 Å². The standard InChI is InChI=1S/C16H17FN2O/c1-3-11(2)12-7-4-5-8-13(12)19-16(20)14-9-6-10-15(17)18-14/h4-11H,3H2,1-2H3,(H,19,20). The minimum atomic E-state index is -0.659. The highest BCUT2D eigenvalue weighted by atomic mass is 19.1. The molecule has 0 aliphatic carbocycles. The van der Waals surface area contributed by atoms with Gasteiger partial charge in [-0.25, -0.2) is 4.98 Å². The number of carbonyl (C=O) groups excluding carboxylic acids is 1. The van der Waals surface area contributed by atoms with E-state index in [1.807, 2.05) is 24.3 Å². The van der Waals surface area contributed by atoms with E-state index in [2.05, 4.69) is 24.1 Å². The van der Waals surface area contributed by atoms with Gasteiger partial charge in [0.05, 0.1) is 0 Å². The number of carbonyl (C=O) groups is 1. The monoisotopic (exact) mass is 272 g/mol. The van der Waals surface area contributed by atoms with Crippen LogP contribution < -0.4 is 5.32 Å². The first kappa shape index (κ1) is 14.2. The molecule has 0 aliphatic heterocycles. The molecule has 1 unspecified atom stereocenters. The summed E-state index contributed by atoms with van der Waals surface area (Å²) < 4.78 is 13.0. The molecule has 1 atom stereocenters. The summed E-state index contributed by atoms with van der Waals surface area (Å²) in [6.45, 7) is 4.20. The summed E-state index contributed by atoms with van der Waals surface area (Å²) in [4.78, 5) is 15.7. The number of hydrogen-bond donors (Lipinski definition) is 1. The molecule has 104 valence electrons. The molecule has 2 aromatic rings. The number of nitrogens with one attached hydrogen (secondary N) is 1. The van der Waals surface area contributed by atoms with Gasteiger partial charge in [-0.05, 0) is 36.1 Å². The number of amides is 1. The van der Waals surface area contributed by atoms with Gasteiger partial charge in [0, 0.05) is 5.69 Å². The molecule has 0 fully saturated rings. The third-order valence-corrected chi connectivity index (χ3v) is 3.30. The fraction of sp³-hybridized carbons (Fsp3) is 0.250. The number of halogens is 1. The van der Waals surface area contributed by atoms with E-state index in [0.29, 0.717) is 5.92 Å². The molecule has 20 heavy (non-hydrogen) atoms. The summed E-state index contributed by atoms with van der Waals surface area (Å²) in [6, 6.07) is 11.8. The van der Waals surface area contributed by atoms with Crippen LogP contribution >= 0.6 is 0 Å². The van der Waals surface area contributed by atoms with E-state index >= 15 is 0 Å². The van der Waals surface area contributed by atoms with Gasteiger partial charge >= 0.3 is 0 Å². The van der Waals surface area contributed by atoms with Gasteiger partial charge in [-0.2, -0.15) is 4.39 Å². The van der Waals surface area contributed by atoms with Gasteiger partial charge < -0.3 is 5.32 Å². The van der Waals surface area contributed by atoms with Crippen LogP contribution in [0.15, 0.2) is 42.5 Å². The maximum atomic E-state index is 13.0. The van der Waals surface area contributed by atoms with Crippen molar-refractivity contribution in [3.8, 4) is 0 Å². The molecule has 0 saturated carbocycles. The lowest BCUT2D eigenvalue weighted by atomic mass is 9.97. The Labute approximate surface area is 117 Å². The summed E-state index contributed by atoms with van der Waals surface area (Å²) in [5.41, 5.74) is 1.89. The number of aromatic nitrogens is 1. The highest BCUT2D eigenvalue weighted by Crippen LogP contribution is 2.26. The molecule has 1 amide bonds. The number of pyridine rings is 1. The van der Waals surface area contributed by atoms with E-state index in [0.717, 1.165) is 17.7 Å². The molecule has 1 heterocycles. The van der Waals surface area contributed by atoms with Gasteiger partial charge in [0.25, 0.3) is 5.91 Å². The molecule has 0 radical (unpaired) electrons. The Morgan fingerprint density at radius 2 is 2.00 bits per heavy atom. The van der Waals surface area contributed by atoms with Crippen LogP contribution in [0.5, 0.6) is 0 Å². The van der Waals surface area contributed by atoms with E-state index in [4.69, 9.17) is 0 Å². The van der Waals surface area contributed by atoms with Crippen molar-refractivity contribution in [3.05, 3.63) is 59.7 Å². The highest BCUT2D eigenvalue weighted by molar-refractivity contribution is 6.03. The zero-order valence-corrected chi connectivity index (χ0v) is 11.6. The van der Waals surface area contributed by atoms with Gasteiger partial charge in [0.2, 0.25) is 5.95 Å². The Morgan fingerprint density at radius 1 is 1.25 bits per heavy atom. The van der Waals surface area contributed by atoms with Gasteiger partial charge in [0.1, 0.15) is 5.69 Å². The largest absolute Gasteiger partial charge is 0.320 e. The lowest BCUT2D eigenvalue weighted by Crippen LogP contribution is -2.15. The van der Waals surface area contributed by atoms with Gasteiger partial charge in [0.15, 0.2) is 0 Å². The average molecular weight is 272 g/mol. The summed E-state index contributed by atoms with van der Waals surface area (Å²) in [7, 11) is 0. The summed E-state index contributed by atoms with van der Waals surface area (Å²) >= 11 is 0. The molecule has 4 heteroatoms. The van der Waals surface area contributed by atoms with Crippen molar-refractivity contribution in [3.63, 3.8) is 0 Å². The number of nitrogens with zero attached hydrogens (tertiary/aromatic N) is 1. The Kier molecular flexibility index (Phi) is 4.45. The van der Waals surface area contributed by atoms with Crippen LogP contribution in [0.2, 0.25) is 0 Å². The van der Waals surface area contributed by atoms with Crippen molar-refractivity contribution in [1.29, 1.82) is 0 Å². The zero-order chi connectivity index (χ0) is 14.5. The summed E-state index contributed by atoms with van der Waals surface area (Å²) in [6.07, 6.45) is 0.977. The predicted octanol–water partition coefficient (Wildman–Crippen LogP) is 3.99. The third-order valence-electron chi connectivity index (χ3n) is 3.30. The first-order valence-electron chi connectivity index (χ1n) is 6.64. The Morgan fingerprint density at radius 3 is 2.70 bits per heavy atom. The van der Waals surface area contributed by atoms with E-state index in [-0.39, 0.29) is 5.69 Å². The summed E-state index contributed by atoms with van der Waals surface area (Å²) in [5, 5.41) is 2.80.